The Morgan fingerprint density at radius 3 is 2.57 bits per heavy atom. The van der Waals surface area contributed by atoms with E-state index < -0.39 is 18.1 Å². The molecule has 0 saturated carbocycles. The van der Waals surface area contributed by atoms with E-state index in [0.29, 0.717) is 12.2 Å². The fraction of sp³-hybridized carbons (Fsp3) is 0.643. The van der Waals surface area contributed by atoms with Crippen molar-refractivity contribution in [3.05, 3.63) is 12.3 Å². The van der Waals surface area contributed by atoms with Crippen molar-refractivity contribution < 1.29 is 14.7 Å². The number of carbonyl (C=O) groups is 2. The van der Waals surface area contributed by atoms with E-state index in [1.54, 1.807) is 23.9 Å². The van der Waals surface area contributed by atoms with Crippen molar-refractivity contribution in [2.24, 2.45) is 0 Å². The number of nitrogens with zero attached hydrogens (tertiary/aromatic N) is 2. The lowest BCUT2D eigenvalue weighted by Crippen LogP contribution is -2.47. The van der Waals surface area contributed by atoms with Gasteiger partial charge in [0.25, 0.3) is 0 Å². The zero-order valence-corrected chi connectivity index (χ0v) is 13.0. The zero-order valence-electron chi connectivity index (χ0n) is 13.0. The molecule has 21 heavy (non-hydrogen) atoms. The van der Waals surface area contributed by atoms with Crippen molar-refractivity contribution in [2.45, 2.75) is 58.7 Å². The van der Waals surface area contributed by atoms with Crippen LogP contribution in [-0.2, 0) is 9.59 Å². The number of hydrogen-bond acceptors (Lipinski definition) is 4. The molecule has 0 radical (unpaired) electrons. The summed E-state index contributed by atoms with van der Waals surface area (Å²) in [6.45, 7) is 7.48. The highest BCUT2D eigenvalue weighted by Gasteiger charge is 2.23. The van der Waals surface area contributed by atoms with Crippen LogP contribution in [0.5, 0.6) is 0 Å². The first kappa shape index (κ1) is 17.2. The molecule has 2 atom stereocenters. The monoisotopic (exact) mass is 296 g/mol. The first-order valence-electron chi connectivity index (χ1n) is 7.20. The summed E-state index contributed by atoms with van der Waals surface area (Å²) in [4.78, 5) is 23.2. The van der Waals surface area contributed by atoms with E-state index in [2.05, 4.69) is 15.7 Å². The van der Waals surface area contributed by atoms with Gasteiger partial charge in [-0.3, -0.25) is 14.9 Å². The predicted octanol–water partition coefficient (Wildman–Crippen LogP) is 1.63. The third-order valence-corrected chi connectivity index (χ3v) is 3.13. The number of carboxylic acids is 1. The van der Waals surface area contributed by atoms with Crippen LogP contribution in [-0.4, -0.2) is 38.8 Å². The van der Waals surface area contributed by atoms with Crippen molar-refractivity contribution in [1.29, 1.82) is 0 Å². The largest absolute Gasteiger partial charge is 0.480 e. The lowest BCUT2D eigenvalue weighted by atomic mass is 10.1. The van der Waals surface area contributed by atoms with Crippen LogP contribution < -0.4 is 10.6 Å². The SMILES string of the molecule is CCCC(NC(C)C(=O)Nc1ccnn1C(C)C)C(=O)O. The number of anilines is 1. The Morgan fingerprint density at radius 2 is 2.05 bits per heavy atom. The molecule has 1 heterocycles. The molecule has 0 aliphatic heterocycles. The molecule has 7 nitrogen and oxygen atoms in total. The Morgan fingerprint density at radius 1 is 1.38 bits per heavy atom. The van der Waals surface area contributed by atoms with Gasteiger partial charge in [-0.25, -0.2) is 4.68 Å². The van der Waals surface area contributed by atoms with Crippen LogP contribution in [0.2, 0.25) is 0 Å². The predicted molar refractivity (Wildman–Crippen MR) is 80.2 cm³/mol. The number of hydrogen-bond donors (Lipinski definition) is 3. The normalized spacial score (nSPS) is 14.0. The lowest BCUT2D eigenvalue weighted by Gasteiger charge is -2.20. The molecule has 118 valence electrons. The Kier molecular flexibility index (Phi) is 6.36. The average Bonchev–Trinajstić information content (AvgIpc) is 2.86. The highest BCUT2D eigenvalue weighted by molar-refractivity contribution is 5.94. The summed E-state index contributed by atoms with van der Waals surface area (Å²) >= 11 is 0. The van der Waals surface area contributed by atoms with Gasteiger partial charge in [0.05, 0.1) is 12.2 Å². The number of aromatic nitrogens is 2. The number of amides is 1. The zero-order chi connectivity index (χ0) is 16.0. The third-order valence-electron chi connectivity index (χ3n) is 3.13. The molecule has 0 aromatic carbocycles. The van der Waals surface area contributed by atoms with Gasteiger partial charge in [-0.15, -0.1) is 0 Å². The van der Waals surface area contributed by atoms with Crippen LogP contribution in [0.3, 0.4) is 0 Å². The molecule has 1 aromatic rings. The van der Waals surface area contributed by atoms with Gasteiger partial charge in [0.2, 0.25) is 5.91 Å². The summed E-state index contributed by atoms with van der Waals surface area (Å²) in [7, 11) is 0. The molecule has 1 rings (SSSR count). The maximum atomic E-state index is 12.1. The van der Waals surface area contributed by atoms with Crippen LogP contribution >= 0.6 is 0 Å². The maximum absolute atomic E-state index is 12.1. The second-order valence-corrected chi connectivity index (χ2v) is 5.31. The fourth-order valence-electron chi connectivity index (χ4n) is 2.00. The third kappa shape index (κ3) is 4.86. The number of rotatable bonds is 8. The Balaban J connectivity index is 2.66. The van der Waals surface area contributed by atoms with Crippen molar-refractivity contribution in [2.75, 3.05) is 5.32 Å². The molecule has 1 aromatic heterocycles. The number of carboxylic acid groups (broad SMARTS) is 1. The van der Waals surface area contributed by atoms with Gasteiger partial charge in [0.15, 0.2) is 0 Å². The smallest absolute Gasteiger partial charge is 0.320 e. The van der Waals surface area contributed by atoms with Gasteiger partial charge in [-0.1, -0.05) is 13.3 Å². The fourth-order valence-corrected chi connectivity index (χ4v) is 2.00. The van der Waals surface area contributed by atoms with E-state index in [4.69, 9.17) is 5.11 Å². The quantitative estimate of drug-likeness (QED) is 0.677. The molecule has 3 N–H and O–H groups in total. The molecular formula is C14H24N4O3. The van der Waals surface area contributed by atoms with Crippen LogP contribution in [0.25, 0.3) is 0 Å². The maximum Gasteiger partial charge on any atom is 0.320 e. The highest BCUT2D eigenvalue weighted by atomic mass is 16.4. The van der Waals surface area contributed by atoms with Gasteiger partial charge in [-0.2, -0.15) is 5.10 Å². The van der Waals surface area contributed by atoms with Gasteiger partial charge < -0.3 is 10.4 Å². The molecule has 0 aliphatic rings. The van der Waals surface area contributed by atoms with E-state index in [1.807, 2.05) is 20.8 Å². The van der Waals surface area contributed by atoms with Gasteiger partial charge in [-0.05, 0) is 27.2 Å². The molecule has 1 amide bonds. The Bertz CT molecular complexity index is 484. The summed E-state index contributed by atoms with van der Waals surface area (Å²) in [5, 5.41) is 18.8. The van der Waals surface area contributed by atoms with Gasteiger partial charge >= 0.3 is 5.97 Å². The Labute approximate surface area is 124 Å². The molecule has 0 bridgehead atoms. The van der Waals surface area contributed by atoms with E-state index >= 15 is 0 Å². The van der Waals surface area contributed by atoms with E-state index in [9.17, 15) is 9.59 Å². The standard InChI is InChI=1S/C14H24N4O3/c1-5-6-11(14(20)21)16-10(4)13(19)17-12-7-8-15-18(12)9(2)3/h7-11,16H,5-6H2,1-4H3,(H,17,19)(H,20,21). The van der Waals surface area contributed by atoms with E-state index in [0.717, 1.165) is 6.42 Å². The number of carbonyl (C=O) groups excluding carboxylic acids is 1. The highest BCUT2D eigenvalue weighted by Crippen LogP contribution is 2.13. The summed E-state index contributed by atoms with van der Waals surface area (Å²) in [6.07, 6.45) is 2.83. The van der Waals surface area contributed by atoms with Crippen molar-refractivity contribution >= 4 is 17.7 Å². The molecule has 7 heteroatoms. The van der Waals surface area contributed by atoms with Gasteiger partial charge in [0.1, 0.15) is 11.9 Å². The minimum atomic E-state index is -0.941. The van der Waals surface area contributed by atoms with Crippen molar-refractivity contribution in [3.8, 4) is 0 Å². The summed E-state index contributed by atoms with van der Waals surface area (Å²) in [5.74, 6) is -0.616. The van der Waals surface area contributed by atoms with E-state index in [1.165, 1.54) is 0 Å². The molecule has 2 unspecified atom stereocenters. The van der Waals surface area contributed by atoms with Crippen LogP contribution in [0.1, 0.15) is 46.6 Å². The molecule has 0 aliphatic carbocycles. The minimum absolute atomic E-state index is 0.130. The van der Waals surface area contributed by atoms with E-state index in [-0.39, 0.29) is 11.9 Å². The topological polar surface area (TPSA) is 96.3 Å². The van der Waals surface area contributed by atoms with Crippen LogP contribution in [0.4, 0.5) is 5.82 Å². The number of nitrogens with one attached hydrogen (secondary N) is 2. The van der Waals surface area contributed by atoms with Crippen LogP contribution in [0.15, 0.2) is 12.3 Å². The minimum Gasteiger partial charge on any atom is -0.480 e. The van der Waals surface area contributed by atoms with Crippen molar-refractivity contribution in [1.82, 2.24) is 15.1 Å². The second-order valence-electron chi connectivity index (χ2n) is 5.31. The first-order chi connectivity index (χ1) is 9.86. The van der Waals surface area contributed by atoms with Gasteiger partial charge in [0, 0.05) is 12.1 Å². The first-order valence-corrected chi connectivity index (χ1v) is 7.20. The molecule has 0 spiro atoms. The number of aliphatic carboxylic acids is 1. The summed E-state index contributed by atoms with van der Waals surface area (Å²) in [6, 6.07) is 0.523. The summed E-state index contributed by atoms with van der Waals surface area (Å²) in [5.41, 5.74) is 0. The summed E-state index contributed by atoms with van der Waals surface area (Å²) < 4.78 is 1.70. The molecule has 0 saturated heterocycles. The molecule has 0 fully saturated rings. The Hall–Kier alpha value is -1.89. The lowest BCUT2D eigenvalue weighted by molar-refractivity contribution is -0.140. The average molecular weight is 296 g/mol. The molecular weight excluding hydrogens is 272 g/mol. The van der Waals surface area contributed by atoms with Crippen LogP contribution in [0, 0.1) is 0 Å². The second kappa shape index (κ2) is 7.78. The van der Waals surface area contributed by atoms with Crippen molar-refractivity contribution in [3.63, 3.8) is 0 Å².